The molecule has 2 aromatic rings. The first kappa shape index (κ1) is 12.4. The van der Waals surface area contributed by atoms with Crippen molar-refractivity contribution in [3.8, 4) is 5.75 Å². The van der Waals surface area contributed by atoms with Crippen LogP contribution in [0.3, 0.4) is 0 Å². The average molecular weight is 265 g/mol. The van der Waals surface area contributed by atoms with Gasteiger partial charge in [0, 0.05) is 6.54 Å². The number of hydrogen-bond acceptors (Lipinski definition) is 5. The highest BCUT2D eigenvalue weighted by atomic mass is 35.5. The predicted molar refractivity (Wildman–Crippen MR) is 71.8 cm³/mol. The number of nitrogens with one attached hydrogen (secondary N) is 1. The van der Waals surface area contributed by atoms with Gasteiger partial charge in [0.1, 0.15) is 17.8 Å². The molecule has 2 rings (SSSR count). The lowest BCUT2D eigenvalue weighted by molar-refractivity contribution is 0.414. The minimum Gasteiger partial charge on any atom is -0.497 e. The summed E-state index contributed by atoms with van der Waals surface area (Å²) in [7, 11) is 1.63. The zero-order valence-electron chi connectivity index (χ0n) is 9.85. The molecule has 0 aliphatic carbocycles. The number of rotatable bonds is 4. The molecule has 6 heteroatoms. The molecule has 1 aromatic carbocycles. The Kier molecular flexibility index (Phi) is 3.84. The van der Waals surface area contributed by atoms with Crippen LogP contribution in [-0.4, -0.2) is 17.1 Å². The maximum Gasteiger partial charge on any atom is 0.157 e. The molecule has 1 aromatic heterocycles. The summed E-state index contributed by atoms with van der Waals surface area (Å²) in [6, 6.07) is 7.73. The highest BCUT2D eigenvalue weighted by Crippen LogP contribution is 2.22. The summed E-state index contributed by atoms with van der Waals surface area (Å²) in [5.41, 5.74) is 7.17. The topological polar surface area (TPSA) is 73.1 Å². The van der Waals surface area contributed by atoms with Crippen LogP contribution in [0.25, 0.3) is 0 Å². The van der Waals surface area contributed by atoms with Gasteiger partial charge in [-0.2, -0.15) is 0 Å². The Labute approximate surface area is 110 Å². The number of benzene rings is 1. The van der Waals surface area contributed by atoms with Crippen molar-refractivity contribution in [2.24, 2.45) is 0 Å². The molecule has 3 N–H and O–H groups in total. The molecule has 0 amide bonds. The molecule has 0 spiro atoms. The van der Waals surface area contributed by atoms with Gasteiger partial charge >= 0.3 is 0 Å². The number of nitrogens with zero attached hydrogens (tertiary/aromatic N) is 2. The van der Waals surface area contributed by atoms with Gasteiger partial charge in [0.2, 0.25) is 0 Å². The van der Waals surface area contributed by atoms with E-state index in [0.717, 1.165) is 11.3 Å². The quantitative estimate of drug-likeness (QED) is 0.829. The van der Waals surface area contributed by atoms with Crippen molar-refractivity contribution in [2.75, 3.05) is 18.2 Å². The summed E-state index contributed by atoms with van der Waals surface area (Å²) >= 11 is 5.81. The van der Waals surface area contributed by atoms with E-state index < -0.39 is 0 Å². The predicted octanol–water partition coefficient (Wildman–Crippen LogP) is 2.33. The van der Waals surface area contributed by atoms with Crippen LogP contribution in [0.15, 0.2) is 30.6 Å². The molecule has 0 radical (unpaired) electrons. The molecule has 0 bridgehead atoms. The fourth-order valence-electron chi connectivity index (χ4n) is 1.48. The van der Waals surface area contributed by atoms with Crippen molar-refractivity contribution < 1.29 is 4.74 Å². The van der Waals surface area contributed by atoms with Gasteiger partial charge in [0.05, 0.1) is 7.11 Å². The van der Waals surface area contributed by atoms with Crippen LogP contribution in [-0.2, 0) is 6.54 Å². The van der Waals surface area contributed by atoms with Crippen LogP contribution in [0.1, 0.15) is 5.56 Å². The van der Waals surface area contributed by atoms with Gasteiger partial charge in [-0.1, -0.05) is 23.7 Å². The van der Waals surface area contributed by atoms with Crippen molar-refractivity contribution in [3.63, 3.8) is 0 Å². The van der Waals surface area contributed by atoms with Gasteiger partial charge in [0.15, 0.2) is 11.0 Å². The van der Waals surface area contributed by atoms with Crippen LogP contribution < -0.4 is 15.8 Å². The van der Waals surface area contributed by atoms with Crippen molar-refractivity contribution in [1.29, 1.82) is 0 Å². The summed E-state index contributed by atoms with van der Waals surface area (Å²) in [5.74, 6) is 1.33. The third-order valence-corrected chi connectivity index (χ3v) is 2.73. The molecule has 0 saturated heterocycles. The third kappa shape index (κ3) is 2.81. The van der Waals surface area contributed by atoms with Gasteiger partial charge in [-0.05, 0) is 17.7 Å². The molecule has 0 saturated carbocycles. The first-order valence-electron chi connectivity index (χ1n) is 5.33. The van der Waals surface area contributed by atoms with E-state index in [9.17, 15) is 0 Å². The van der Waals surface area contributed by atoms with Gasteiger partial charge in [-0.15, -0.1) is 0 Å². The van der Waals surface area contributed by atoms with E-state index in [2.05, 4.69) is 15.3 Å². The lowest BCUT2D eigenvalue weighted by Crippen LogP contribution is -2.05. The fraction of sp³-hybridized carbons (Fsp3) is 0.167. The highest BCUT2D eigenvalue weighted by Gasteiger charge is 2.05. The van der Waals surface area contributed by atoms with Crippen LogP contribution in [0, 0.1) is 0 Å². The lowest BCUT2D eigenvalue weighted by atomic mass is 10.2. The van der Waals surface area contributed by atoms with Crippen LogP contribution in [0.2, 0.25) is 5.15 Å². The number of ether oxygens (including phenoxy) is 1. The number of aromatic nitrogens is 2. The van der Waals surface area contributed by atoms with Crippen LogP contribution in [0.4, 0.5) is 11.5 Å². The highest BCUT2D eigenvalue weighted by molar-refractivity contribution is 6.32. The SMILES string of the molecule is COc1cccc(CNc2ncnc(Cl)c2N)c1. The Balaban J connectivity index is 2.09. The summed E-state index contributed by atoms with van der Waals surface area (Å²) in [4.78, 5) is 7.82. The number of halogens is 1. The smallest absolute Gasteiger partial charge is 0.157 e. The summed E-state index contributed by atoms with van der Waals surface area (Å²) in [6.45, 7) is 0.578. The molecule has 94 valence electrons. The van der Waals surface area contributed by atoms with Gasteiger partial charge in [0.25, 0.3) is 0 Å². The Morgan fingerprint density at radius 3 is 3.00 bits per heavy atom. The second-order valence-electron chi connectivity index (χ2n) is 3.63. The van der Waals surface area contributed by atoms with Crippen LogP contribution in [0.5, 0.6) is 5.75 Å². The maximum absolute atomic E-state index is 5.81. The molecule has 0 atom stereocenters. The third-order valence-electron chi connectivity index (χ3n) is 2.43. The Morgan fingerprint density at radius 2 is 2.22 bits per heavy atom. The minimum atomic E-state index is 0.248. The standard InChI is InChI=1S/C12H13ClN4O/c1-18-9-4-2-3-8(5-9)6-15-12-10(14)11(13)16-7-17-12/h2-5,7H,6,14H2,1H3,(H,15,16,17). The van der Waals surface area contributed by atoms with E-state index in [0.29, 0.717) is 18.1 Å². The van der Waals surface area contributed by atoms with Gasteiger partial charge in [-0.3, -0.25) is 0 Å². The maximum atomic E-state index is 5.81. The van der Waals surface area contributed by atoms with Crippen LogP contribution >= 0.6 is 11.6 Å². The average Bonchev–Trinajstić information content (AvgIpc) is 2.41. The molecule has 0 unspecified atom stereocenters. The number of nitrogen functional groups attached to an aromatic ring is 1. The monoisotopic (exact) mass is 264 g/mol. The molecular weight excluding hydrogens is 252 g/mol. The molecule has 5 nitrogen and oxygen atoms in total. The van der Waals surface area contributed by atoms with Crippen molar-refractivity contribution >= 4 is 23.1 Å². The number of nitrogens with two attached hydrogens (primary N) is 1. The first-order chi connectivity index (χ1) is 8.70. The fourth-order valence-corrected chi connectivity index (χ4v) is 1.62. The number of anilines is 2. The normalized spacial score (nSPS) is 10.1. The van der Waals surface area contributed by atoms with Crippen molar-refractivity contribution in [3.05, 3.63) is 41.3 Å². The second kappa shape index (κ2) is 5.55. The van der Waals surface area contributed by atoms with E-state index in [-0.39, 0.29) is 5.15 Å². The zero-order chi connectivity index (χ0) is 13.0. The Hall–Kier alpha value is -2.01. The molecule has 18 heavy (non-hydrogen) atoms. The van der Waals surface area contributed by atoms with E-state index in [1.807, 2.05) is 24.3 Å². The van der Waals surface area contributed by atoms with E-state index in [4.69, 9.17) is 22.1 Å². The van der Waals surface area contributed by atoms with E-state index in [1.165, 1.54) is 6.33 Å². The summed E-state index contributed by atoms with van der Waals surface area (Å²) < 4.78 is 5.15. The van der Waals surface area contributed by atoms with E-state index >= 15 is 0 Å². The summed E-state index contributed by atoms with van der Waals surface area (Å²) in [6.07, 6.45) is 1.37. The second-order valence-corrected chi connectivity index (χ2v) is 3.99. The van der Waals surface area contributed by atoms with E-state index in [1.54, 1.807) is 7.11 Å². The number of methoxy groups -OCH3 is 1. The molecule has 0 aliphatic heterocycles. The Bertz CT molecular complexity index is 547. The largest absolute Gasteiger partial charge is 0.497 e. The Morgan fingerprint density at radius 1 is 1.39 bits per heavy atom. The number of hydrogen-bond donors (Lipinski definition) is 2. The zero-order valence-corrected chi connectivity index (χ0v) is 10.6. The molecule has 0 fully saturated rings. The van der Waals surface area contributed by atoms with Gasteiger partial charge < -0.3 is 15.8 Å². The molecule has 1 heterocycles. The van der Waals surface area contributed by atoms with Crippen molar-refractivity contribution in [1.82, 2.24) is 9.97 Å². The minimum absolute atomic E-state index is 0.248. The van der Waals surface area contributed by atoms with Gasteiger partial charge in [-0.25, -0.2) is 9.97 Å². The molecular formula is C12H13ClN4O. The lowest BCUT2D eigenvalue weighted by Gasteiger charge is -2.09. The first-order valence-corrected chi connectivity index (χ1v) is 5.71. The van der Waals surface area contributed by atoms with Crippen molar-refractivity contribution in [2.45, 2.75) is 6.54 Å². The summed E-state index contributed by atoms with van der Waals surface area (Å²) in [5, 5.41) is 3.35. The molecule has 0 aliphatic rings.